The Balaban J connectivity index is 1.40. The van der Waals surface area contributed by atoms with Crippen molar-refractivity contribution in [3.05, 3.63) is 72.6 Å². The Labute approximate surface area is 191 Å². The van der Waals surface area contributed by atoms with Crippen LogP contribution < -0.4 is 5.32 Å². The zero-order valence-corrected chi connectivity index (χ0v) is 18.7. The summed E-state index contributed by atoms with van der Waals surface area (Å²) < 4.78 is 16.3. The molecule has 1 saturated heterocycles. The third-order valence-electron chi connectivity index (χ3n) is 6.59. The average molecular weight is 447 g/mol. The van der Waals surface area contributed by atoms with E-state index in [0.29, 0.717) is 28.4 Å². The fourth-order valence-corrected chi connectivity index (χ4v) is 4.45. The molecule has 1 aliphatic heterocycles. The van der Waals surface area contributed by atoms with E-state index < -0.39 is 11.4 Å². The summed E-state index contributed by atoms with van der Waals surface area (Å²) in [5, 5.41) is 19.4. The van der Waals surface area contributed by atoms with E-state index in [9.17, 15) is 9.50 Å². The number of rotatable bonds is 5. The first kappa shape index (κ1) is 21.5. The third kappa shape index (κ3) is 4.31. The first-order chi connectivity index (χ1) is 15.9. The van der Waals surface area contributed by atoms with Gasteiger partial charge in [-0.25, -0.2) is 19.0 Å². The van der Waals surface area contributed by atoms with Crippen molar-refractivity contribution in [3.8, 4) is 5.69 Å². The fourth-order valence-electron chi connectivity index (χ4n) is 4.45. The summed E-state index contributed by atoms with van der Waals surface area (Å²) >= 11 is 0. The van der Waals surface area contributed by atoms with Gasteiger partial charge in [-0.15, -0.1) is 0 Å². The molecular formula is C25H27FN6O. The molecule has 33 heavy (non-hydrogen) atoms. The molecule has 170 valence electrons. The van der Waals surface area contributed by atoms with Gasteiger partial charge < -0.3 is 15.3 Å². The maximum absolute atomic E-state index is 14.7. The van der Waals surface area contributed by atoms with Crippen molar-refractivity contribution in [1.82, 2.24) is 24.6 Å². The number of piperidine rings is 1. The summed E-state index contributed by atoms with van der Waals surface area (Å²) in [5.74, 6) is 0.231. The van der Waals surface area contributed by atoms with Crippen LogP contribution in [0.4, 0.5) is 15.9 Å². The molecule has 4 heterocycles. The quantitative estimate of drug-likeness (QED) is 0.477. The lowest BCUT2D eigenvalue weighted by Gasteiger charge is -2.38. The second-order valence-electron chi connectivity index (χ2n) is 8.92. The number of pyridine rings is 2. The number of nitrogens with one attached hydrogen (secondary N) is 1. The van der Waals surface area contributed by atoms with Crippen molar-refractivity contribution < 1.29 is 9.50 Å². The van der Waals surface area contributed by atoms with Crippen LogP contribution in [-0.4, -0.2) is 49.9 Å². The van der Waals surface area contributed by atoms with Crippen LogP contribution in [-0.2, 0) is 5.60 Å². The number of halogens is 1. The summed E-state index contributed by atoms with van der Waals surface area (Å²) in [6.45, 7) is 3.79. The van der Waals surface area contributed by atoms with Gasteiger partial charge in [-0.05, 0) is 76.2 Å². The van der Waals surface area contributed by atoms with Gasteiger partial charge in [0.1, 0.15) is 17.2 Å². The topological polar surface area (TPSA) is 79.1 Å². The molecule has 5 rings (SSSR count). The number of hydrogen-bond acceptors (Lipinski definition) is 6. The molecule has 7 nitrogen and oxygen atoms in total. The summed E-state index contributed by atoms with van der Waals surface area (Å²) in [6, 6.07) is 12.2. The van der Waals surface area contributed by atoms with Gasteiger partial charge in [-0.1, -0.05) is 0 Å². The molecule has 0 saturated carbocycles. The molecule has 0 radical (unpaired) electrons. The van der Waals surface area contributed by atoms with Crippen molar-refractivity contribution in [2.45, 2.75) is 25.4 Å². The third-order valence-corrected chi connectivity index (χ3v) is 6.59. The SMILES string of the molecule is CN1CCC(C(C)(O)c2ccc3cnc(Nc4ccc(-n5cccn5)cc4F)cc3n2)CC1. The number of benzene rings is 1. The second kappa shape index (κ2) is 8.53. The predicted molar refractivity (Wildman–Crippen MR) is 126 cm³/mol. The summed E-state index contributed by atoms with van der Waals surface area (Å²) in [5.41, 5.74) is 1.29. The van der Waals surface area contributed by atoms with Crippen LogP contribution in [0.3, 0.4) is 0 Å². The van der Waals surface area contributed by atoms with Crippen molar-refractivity contribution in [1.29, 1.82) is 0 Å². The van der Waals surface area contributed by atoms with E-state index in [-0.39, 0.29) is 5.92 Å². The zero-order chi connectivity index (χ0) is 23.0. The minimum absolute atomic E-state index is 0.153. The lowest BCUT2D eigenvalue weighted by Crippen LogP contribution is -2.41. The smallest absolute Gasteiger partial charge is 0.148 e. The van der Waals surface area contributed by atoms with Crippen LogP contribution in [0, 0.1) is 11.7 Å². The van der Waals surface area contributed by atoms with Crippen molar-refractivity contribution in [3.63, 3.8) is 0 Å². The Morgan fingerprint density at radius 2 is 1.97 bits per heavy atom. The molecule has 0 aliphatic carbocycles. The van der Waals surface area contributed by atoms with Crippen LogP contribution >= 0.6 is 0 Å². The highest BCUT2D eigenvalue weighted by Gasteiger charge is 2.36. The Morgan fingerprint density at radius 3 is 2.70 bits per heavy atom. The van der Waals surface area contributed by atoms with Gasteiger partial charge in [0.05, 0.1) is 22.6 Å². The Bertz CT molecular complexity index is 1270. The molecule has 1 aromatic carbocycles. The number of fused-ring (bicyclic) bond motifs is 1. The lowest BCUT2D eigenvalue weighted by atomic mass is 9.79. The molecule has 1 unspecified atom stereocenters. The molecule has 1 aliphatic rings. The van der Waals surface area contributed by atoms with E-state index in [2.05, 4.69) is 27.3 Å². The minimum atomic E-state index is -1.01. The van der Waals surface area contributed by atoms with Gasteiger partial charge in [-0.2, -0.15) is 5.10 Å². The van der Waals surface area contributed by atoms with Crippen LogP contribution in [0.1, 0.15) is 25.5 Å². The summed E-state index contributed by atoms with van der Waals surface area (Å²) in [6.07, 6.45) is 6.97. The maximum Gasteiger partial charge on any atom is 0.148 e. The fraction of sp³-hybridized carbons (Fsp3) is 0.320. The molecule has 0 bridgehead atoms. The van der Waals surface area contributed by atoms with Crippen LogP contribution in [0.15, 0.2) is 61.1 Å². The van der Waals surface area contributed by atoms with Gasteiger partial charge in [0.25, 0.3) is 0 Å². The van der Waals surface area contributed by atoms with Gasteiger partial charge >= 0.3 is 0 Å². The highest BCUT2D eigenvalue weighted by Crippen LogP contribution is 2.36. The number of aromatic nitrogens is 4. The van der Waals surface area contributed by atoms with Crippen LogP contribution in [0.2, 0.25) is 0 Å². The molecule has 2 N–H and O–H groups in total. The predicted octanol–water partition coefficient (Wildman–Crippen LogP) is 4.25. The van der Waals surface area contributed by atoms with Crippen molar-refractivity contribution >= 4 is 22.4 Å². The van der Waals surface area contributed by atoms with E-state index in [1.165, 1.54) is 6.07 Å². The zero-order valence-electron chi connectivity index (χ0n) is 18.7. The molecule has 1 fully saturated rings. The van der Waals surface area contributed by atoms with Crippen molar-refractivity contribution in [2.75, 3.05) is 25.5 Å². The molecule has 1 atom stereocenters. The monoisotopic (exact) mass is 446 g/mol. The molecule has 3 aromatic heterocycles. The minimum Gasteiger partial charge on any atom is -0.384 e. The van der Waals surface area contributed by atoms with E-state index in [1.54, 1.807) is 47.5 Å². The van der Waals surface area contributed by atoms with Crippen LogP contribution in [0.25, 0.3) is 16.6 Å². The summed E-state index contributed by atoms with van der Waals surface area (Å²) in [7, 11) is 2.11. The normalized spacial score (nSPS) is 17.2. The maximum atomic E-state index is 14.7. The lowest BCUT2D eigenvalue weighted by molar-refractivity contribution is -0.0334. The van der Waals surface area contributed by atoms with Crippen LogP contribution in [0.5, 0.6) is 0 Å². The molecule has 0 spiro atoms. The Morgan fingerprint density at radius 1 is 1.15 bits per heavy atom. The van der Waals surface area contributed by atoms with Crippen molar-refractivity contribution in [2.24, 2.45) is 5.92 Å². The average Bonchev–Trinajstić information content (AvgIpc) is 3.35. The number of hydrogen-bond donors (Lipinski definition) is 2. The summed E-state index contributed by atoms with van der Waals surface area (Å²) in [4.78, 5) is 11.4. The van der Waals surface area contributed by atoms with Gasteiger partial charge in [0.2, 0.25) is 0 Å². The molecule has 0 amide bonds. The van der Waals surface area contributed by atoms with E-state index >= 15 is 0 Å². The first-order valence-corrected chi connectivity index (χ1v) is 11.1. The largest absolute Gasteiger partial charge is 0.384 e. The number of anilines is 2. The first-order valence-electron chi connectivity index (χ1n) is 11.1. The number of nitrogens with zero attached hydrogens (tertiary/aromatic N) is 5. The Hall–Kier alpha value is -3.36. The standard InChI is InChI=1S/C25H27FN6O/c1-25(33,18-8-12-31(2)13-9-18)23-7-4-17-16-27-24(15-22(17)29-23)30-21-6-5-19(14-20(21)26)32-11-3-10-28-32/h3-7,10-11,14-16,18,33H,8-9,12-13H2,1-2H3,(H,27,30). The van der Waals surface area contributed by atoms with Gasteiger partial charge in [-0.3, -0.25) is 0 Å². The van der Waals surface area contributed by atoms with E-state index in [0.717, 1.165) is 31.3 Å². The number of aliphatic hydroxyl groups is 1. The Kier molecular flexibility index (Phi) is 5.55. The molecule has 8 heteroatoms. The van der Waals surface area contributed by atoms with E-state index in [4.69, 9.17) is 4.98 Å². The highest BCUT2D eigenvalue weighted by molar-refractivity contribution is 5.81. The van der Waals surface area contributed by atoms with Gasteiger partial charge in [0.15, 0.2) is 0 Å². The highest BCUT2D eigenvalue weighted by atomic mass is 19.1. The molecular weight excluding hydrogens is 419 g/mol. The van der Waals surface area contributed by atoms with E-state index in [1.807, 2.05) is 19.1 Å². The number of likely N-dealkylation sites (tertiary alicyclic amines) is 1. The molecule has 4 aromatic rings. The van der Waals surface area contributed by atoms with Gasteiger partial charge in [0, 0.05) is 36.1 Å². The second-order valence-corrected chi connectivity index (χ2v) is 8.92.